The van der Waals surface area contributed by atoms with Crippen LogP contribution in [0.4, 0.5) is 0 Å². The molecule has 0 saturated heterocycles. The van der Waals surface area contributed by atoms with Crippen LogP contribution in [0.15, 0.2) is 24.3 Å². The second-order valence-corrected chi connectivity index (χ2v) is 3.33. The number of aromatic amines is 1. The van der Waals surface area contributed by atoms with E-state index >= 15 is 0 Å². The fraction of sp³-hybridized carbons (Fsp3) is 0.222. The average Bonchev–Trinajstić information content (AvgIpc) is 2.69. The molecule has 2 rings (SSSR count). The van der Waals surface area contributed by atoms with Crippen molar-refractivity contribution < 1.29 is 0 Å². The summed E-state index contributed by atoms with van der Waals surface area (Å²) in [7, 11) is 0. The van der Waals surface area contributed by atoms with Crippen molar-refractivity contribution in [2.24, 2.45) is 0 Å². The number of nitrogens with one attached hydrogen (secondary N) is 1. The first-order valence-corrected chi connectivity index (χ1v) is 4.70. The first-order valence-electron chi connectivity index (χ1n) is 4.32. The van der Waals surface area contributed by atoms with Gasteiger partial charge >= 0.3 is 0 Å². The summed E-state index contributed by atoms with van der Waals surface area (Å²) in [6.07, 6.45) is 1.58. The summed E-state index contributed by atoms with van der Waals surface area (Å²) < 4.78 is 0. The number of benzene rings is 1. The zero-order valence-electron chi connectivity index (χ0n) is 7.44. The van der Waals surface area contributed by atoms with E-state index in [1.807, 2.05) is 24.3 Å². The van der Waals surface area contributed by atoms with Crippen molar-refractivity contribution in [3.8, 4) is 0 Å². The molecule has 0 spiro atoms. The molecule has 0 bridgehead atoms. The zero-order chi connectivity index (χ0) is 9.80. The van der Waals surface area contributed by atoms with Crippen LogP contribution in [0.5, 0.6) is 0 Å². The number of tetrazole rings is 1. The molecule has 0 amide bonds. The lowest BCUT2D eigenvalue weighted by atomic mass is 10.1. The van der Waals surface area contributed by atoms with Gasteiger partial charge in [0.15, 0.2) is 5.82 Å². The van der Waals surface area contributed by atoms with E-state index in [9.17, 15) is 0 Å². The predicted molar refractivity (Wildman–Crippen MR) is 53.0 cm³/mol. The maximum Gasteiger partial charge on any atom is 0.174 e. The van der Waals surface area contributed by atoms with Crippen LogP contribution in [0, 0.1) is 0 Å². The van der Waals surface area contributed by atoms with E-state index in [2.05, 4.69) is 20.6 Å². The molecule has 0 fully saturated rings. The number of halogens is 1. The van der Waals surface area contributed by atoms with Gasteiger partial charge in [-0.2, -0.15) is 5.21 Å². The minimum atomic E-state index is 0.713. The highest BCUT2D eigenvalue weighted by atomic mass is 35.5. The summed E-state index contributed by atoms with van der Waals surface area (Å²) in [5.74, 6) is 0.713. The Kier molecular flexibility index (Phi) is 2.74. The quantitative estimate of drug-likeness (QED) is 0.835. The first kappa shape index (κ1) is 9.15. The van der Waals surface area contributed by atoms with Crippen LogP contribution in [-0.4, -0.2) is 20.6 Å². The van der Waals surface area contributed by atoms with Gasteiger partial charge in [-0.1, -0.05) is 35.0 Å². The van der Waals surface area contributed by atoms with Crippen molar-refractivity contribution in [1.82, 2.24) is 20.6 Å². The van der Waals surface area contributed by atoms with E-state index in [1.54, 1.807) is 0 Å². The van der Waals surface area contributed by atoms with Crippen LogP contribution in [0.25, 0.3) is 0 Å². The Balaban J connectivity index is 2.02. The highest BCUT2D eigenvalue weighted by Crippen LogP contribution is 2.16. The Labute approximate surface area is 86.3 Å². The minimum absolute atomic E-state index is 0.713. The third-order valence-electron chi connectivity index (χ3n) is 1.96. The van der Waals surface area contributed by atoms with Crippen LogP contribution in [-0.2, 0) is 12.8 Å². The largest absolute Gasteiger partial charge is 0.177 e. The molecule has 1 N–H and O–H groups in total. The minimum Gasteiger partial charge on any atom is -0.177 e. The Morgan fingerprint density at radius 1 is 1.21 bits per heavy atom. The molecule has 72 valence electrons. The van der Waals surface area contributed by atoms with Gasteiger partial charge in [-0.15, -0.1) is 10.2 Å². The predicted octanol–water partition coefficient (Wildman–Crippen LogP) is 1.64. The van der Waals surface area contributed by atoms with Crippen molar-refractivity contribution in [3.63, 3.8) is 0 Å². The molecule has 1 aromatic heterocycles. The lowest BCUT2D eigenvalue weighted by molar-refractivity contribution is 0.864. The summed E-state index contributed by atoms with van der Waals surface area (Å²) >= 11 is 6.00. The SMILES string of the molecule is Clc1ccccc1CCc1nn[nH]n1. The van der Waals surface area contributed by atoms with Crippen LogP contribution in [0.3, 0.4) is 0 Å². The maximum absolute atomic E-state index is 6.00. The highest BCUT2D eigenvalue weighted by Gasteiger charge is 2.02. The molecule has 1 aromatic carbocycles. The molecule has 0 unspecified atom stereocenters. The molecule has 0 radical (unpaired) electrons. The molecule has 0 saturated carbocycles. The molecule has 2 aromatic rings. The number of rotatable bonds is 3. The average molecular weight is 209 g/mol. The maximum atomic E-state index is 6.00. The molecule has 0 atom stereocenters. The van der Waals surface area contributed by atoms with Gasteiger partial charge in [0.1, 0.15) is 0 Å². The van der Waals surface area contributed by atoms with Crippen LogP contribution in [0.2, 0.25) is 5.02 Å². The van der Waals surface area contributed by atoms with Crippen LogP contribution >= 0.6 is 11.6 Å². The lowest BCUT2D eigenvalue weighted by Crippen LogP contribution is -1.94. The van der Waals surface area contributed by atoms with Gasteiger partial charge in [0.25, 0.3) is 0 Å². The van der Waals surface area contributed by atoms with Gasteiger partial charge in [-0.3, -0.25) is 0 Å². The molecule has 14 heavy (non-hydrogen) atoms. The third kappa shape index (κ3) is 2.09. The first-order chi connectivity index (χ1) is 6.86. The molecular formula is C9H9ClN4. The van der Waals surface area contributed by atoms with Crippen molar-refractivity contribution >= 4 is 11.6 Å². The Bertz CT molecular complexity index is 399. The van der Waals surface area contributed by atoms with E-state index < -0.39 is 0 Å². The van der Waals surface area contributed by atoms with Crippen molar-refractivity contribution in [2.45, 2.75) is 12.8 Å². The number of aryl methyl sites for hydroxylation is 2. The summed E-state index contributed by atoms with van der Waals surface area (Å²) in [6, 6.07) is 7.77. The van der Waals surface area contributed by atoms with E-state index in [0.717, 1.165) is 23.4 Å². The van der Waals surface area contributed by atoms with E-state index in [0.29, 0.717) is 5.82 Å². The van der Waals surface area contributed by atoms with Gasteiger partial charge in [0.2, 0.25) is 0 Å². The van der Waals surface area contributed by atoms with Gasteiger partial charge < -0.3 is 0 Å². The van der Waals surface area contributed by atoms with Crippen molar-refractivity contribution in [1.29, 1.82) is 0 Å². The number of hydrogen-bond acceptors (Lipinski definition) is 3. The summed E-state index contributed by atoms with van der Waals surface area (Å²) in [5.41, 5.74) is 1.11. The lowest BCUT2D eigenvalue weighted by Gasteiger charge is -2.00. The van der Waals surface area contributed by atoms with Gasteiger partial charge in [0.05, 0.1) is 0 Å². The fourth-order valence-corrected chi connectivity index (χ4v) is 1.47. The number of nitrogens with zero attached hydrogens (tertiary/aromatic N) is 3. The fourth-order valence-electron chi connectivity index (χ4n) is 1.24. The molecular weight excluding hydrogens is 200 g/mol. The summed E-state index contributed by atoms with van der Waals surface area (Å²) in [6.45, 7) is 0. The molecule has 5 heteroatoms. The topological polar surface area (TPSA) is 54.5 Å². The molecule has 0 aliphatic rings. The molecule has 1 heterocycles. The van der Waals surface area contributed by atoms with Gasteiger partial charge in [-0.05, 0) is 18.1 Å². The van der Waals surface area contributed by atoms with Crippen molar-refractivity contribution in [2.75, 3.05) is 0 Å². The van der Waals surface area contributed by atoms with Crippen molar-refractivity contribution in [3.05, 3.63) is 40.7 Å². The number of aromatic nitrogens is 4. The number of hydrogen-bond donors (Lipinski definition) is 1. The third-order valence-corrected chi connectivity index (χ3v) is 2.33. The van der Waals surface area contributed by atoms with E-state index in [1.165, 1.54) is 0 Å². The molecule has 4 nitrogen and oxygen atoms in total. The summed E-state index contributed by atoms with van der Waals surface area (Å²) in [4.78, 5) is 0. The second kappa shape index (κ2) is 4.19. The van der Waals surface area contributed by atoms with Crippen LogP contribution < -0.4 is 0 Å². The smallest absolute Gasteiger partial charge is 0.174 e. The summed E-state index contributed by atoms with van der Waals surface area (Å²) in [5, 5.41) is 14.4. The Morgan fingerprint density at radius 3 is 2.79 bits per heavy atom. The van der Waals surface area contributed by atoms with E-state index in [-0.39, 0.29) is 0 Å². The Morgan fingerprint density at radius 2 is 2.07 bits per heavy atom. The zero-order valence-corrected chi connectivity index (χ0v) is 8.20. The standard InChI is InChI=1S/C9H9ClN4/c10-8-4-2-1-3-7(8)5-6-9-11-13-14-12-9/h1-4H,5-6H2,(H,11,12,13,14). The van der Waals surface area contributed by atoms with Crippen LogP contribution in [0.1, 0.15) is 11.4 Å². The van der Waals surface area contributed by atoms with Gasteiger partial charge in [-0.25, -0.2) is 0 Å². The number of H-pyrrole nitrogens is 1. The normalized spacial score (nSPS) is 10.4. The Hall–Kier alpha value is -1.42. The molecule has 0 aliphatic carbocycles. The van der Waals surface area contributed by atoms with Gasteiger partial charge in [0, 0.05) is 11.4 Å². The monoisotopic (exact) mass is 208 g/mol. The molecule has 0 aliphatic heterocycles. The van der Waals surface area contributed by atoms with E-state index in [4.69, 9.17) is 11.6 Å². The second-order valence-electron chi connectivity index (χ2n) is 2.92. The highest BCUT2D eigenvalue weighted by molar-refractivity contribution is 6.31.